The van der Waals surface area contributed by atoms with Gasteiger partial charge in [0, 0.05) is 13.1 Å². The Morgan fingerprint density at radius 1 is 1.56 bits per heavy atom. The van der Waals surface area contributed by atoms with Crippen LogP contribution >= 0.6 is 0 Å². The van der Waals surface area contributed by atoms with Crippen LogP contribution in [0.2, 0.25) is 0 Å². The summed E-state index contributed by atoms with van der Waals surface area (Å²) in [6.45, 7) is 5.93. The number of hydrogen-bond donors (Lipinski definition) is 1. The Morgan fingerprint density at radius 3 is 2.69 bits per heavy atom. The molecule has 1 heterocycles. The van der Waals surface area contributed by atoms with Gasteiger partial charge in [0.05, 0.1) is 12.0 Å². The van der Waals surface area contributed by atoms with Crippen LogP contribution in [0.4, 0.5) is 4.39 Å². The molecule has 1 aliphatic heterocycles. The molecule has 0 amide bonds. The molecule has 1 saturated heterocycles. The zero-order chi connectivity index (χ0) is 12.4. The van der Waals surface area contributed by atoms with E-state index in [1.165, 1.54) is 5.06 Å². The van der Waals surface area contributed by atoms with Crippen LogP contribution in [0.15, 0.2) is 0 Å². The van der Waals surface area contributed by atoms with Crippen LogP contribution in [0.25, 0.3) is 0 Å². The van der Waals surface area contributed by atoms with Crippen molar-refractivity contribution < 1.29 is 14.0 Å². The zero-order valence-corrected chi connectivity index (χ0v) is 10.3. The molecule has 5 heteroatoms. The number of piperidine rings is 1. The van der Waals surface area contributed by atoms with Gasteiger partial charge in [-0.3, -0.25) is 0 Å². The molecule has 1 atom stereocenters. The van der Waals surface area contributed by atoms with Crippen LogP contribution in [0.3, 0.4) is 0 Å². The fourth-order valence-electron chi connectivity index (χ4n) is 1.55. The molecule has 0 aromatic heterocycles. The van der Waals surface area contributed by atoms with E-state index in [9.17, 15) is 9.18 Å². The largest absolute Gasteiger partial charge is 0.367 e. The Morgan fingerprint density at radius 2 is 2.19 bits per heavy atom. The number of hydroxylamine groups is 2. The zero-order valence-electron chi connectivity index (χ0n) is 10.3. The maximum absolute atomic E-state index is 13.9. The Labute approximate surface area is 95.9 Å². The summed E-state index contributed by atoms with van der Waals surface area (Å²) < 4.78 is 13.9. The van der Waals surface area contributed by atoms with Gasteiger partial charge in [0.15, 0.2) is 0 Å². The molecule has 4 nitrogen and oxygen atoms in total. The second-order valence-corrected chi connectivity index (χ2v) is 5.45. The standard InChI is InChI=1S/C11H21FN2O2/c1-10(2,3)9(15)16-14-6-4-5-11(12,7-13)8-14/h4-8,13H2,1-3H3. The molecule has 1 fully saturated rings. The summed E-state index contributed by atoms with van der Waals surface area (Å²) in [6, 6.07) is 0. The lowest BCUT2D eigenvalue weighted by atomic mass is 9.96. The summed E-state index contributed by atoms with van der Waals surface area (Å²) in [4.78, 5) is 16.8. The molecule has 0 bridgehead atoms. The fourth-order valence-corrected chi connectivity index (χ4v) is 1.55. The highest BCUT2D eigenvalue weighted by Crippen LogP contribution is 2.25. The number of nitrogens with two attached hydrogens (primary N) is 1. The van der Waals surface area contributed by atoms with Crippen molar-refractivity contribution >= 4 is 5.97 Å². The maximum atomic E-state index is 13.9. The van der Waals surface area contributed by atoms with Gasteiger partial charge >= 0.3 is 5.97 Å². The van der Waals surface area contributed by atoms with Gasteiger partial charge in [0.25, 0.3) is 0 Å². The molecule has 1 unspecified atom stereocenters. The van der Waals surface area contributed by atoms with E-state index >= 15 is 0 Å². The maximum Gasteiger partial charge on any atom is 0.330 e. The molecule has 94 valence electrons. The molecule has 0 radical (unpaired) electrons. The minimum atomic E-state index is -1.42. The van der Waals surface area contributed by atoms with Gasteiger partial charge in [-0.1, -0.05) is 0 Å². The highest BCUT2D eigenvalue weighted by atomic mass is 19.1. The van der Waals surface area contributed by atoms with Crippen LogP contribution in [0, 0.1) is 5.41 Å². The molecule has 16 heavy (non-hydrogen) atoms. The van der Waals surface area contributed by atoms with Crippen LogP contribution < -0.4 is 5.73 Å². The number of nitrogens with zero attached hydrogens (tertiary/aromatic N) is 1. The van der Waals surface area contributed by atoms with E-state index in [4.69, 9.17) is 10.6 Å². The normalized spacial score (nSPS) is 27.8. The predicted octanol–water partition coefficient (Wildman–Crippen LogP) is 1.25. The molecule has 0 aromatic carbocycles. The third-order valence-corrected chi connectivity index (χ3v) is 2.68. The number of alkyl halides is 1. The van der Waals surface area contributed by atoms with Gasteiger partial charge in [-0.05, 0) is 33.6 Å². The molecule has 1 aliphatic rings. The average molecular weight is 232 g/mol. The first-order valence-corrected chi connectivity index (χ1v) is 5.63. The monoisotopic (exact) mass is 232 g/mol. The molecule has 0 saturated carbocycles. The van der Waals surface area contributed by atoms with E-state index in [0.717, 1.165) is 0 Å². The lowest BCUT2D eigenvalue weighted by molar-refractivity contribution is -0.214. The summed E-state index contributed by atoms with van der Waals surface area (Å²) in [5.74, 6) is -0.339. The molecular formula is C11H21FN2O2. The molecule has 0 spiro atoms. The molecule has 2 N–H and O–H groups in total. The van der Waals surface area contributed by atoms with E-state index in [2.05, 4.69) is 0 Å². The first-order chi connectivity index (χ1) is 7.27. The third-order valence-electron chi connectivity index (χ3n) is 2.68. The lowest BCUT2D eigenvalue weighted by Crippen LogP contribution is -2.50. The van der Waals surface area contributed by atoms with E-state index in [1.54, 1.807) is 20.8 Å². The fraction of sp³-hybridized carbons (Fsp3) is 0.909. The van der Waals surface area contributed by atoms with Gasteiger partial charge in [-0.2, -0.15) is 0 Å². The van der Waals surface area contributed by atoms with E-state index in [0.29, 0.717) is 19.4 Å². The first kappa shape index (κ1) is 13.4. The SMILES string of the molecule is CC(C)(C)C(=O)ON1CCCC(F)(CN)C1. The summed E-state index contributed by atoms with van der Waals surface area (Å²) >= 11 is 0. The number of hydrogen-bond acceptors (Lipinski definition) is 4. The summed E-state index contributed by atoms with van der Waals surface area (Å²) in [7, 11) is 0. The molecule has 0 aromatic rings. The van der Waals surface area contributed by atoms with Gasteiger partial charge in [-0.15, -0.1) is 5.06 Å². The molecule has 0 aliphatic carbocycles. The van der Waals surface area contributed by atoms with Gasteiger partial charge in [0.2, 0.25) is 0 Å². The van der Waals surface area contributed by atoms with E-state index in [1.807, 2.05) is 0 Å². The van der Waals surface area contributed by atoms with Crippen LogP contribution in [-0.4, -0.2) is 36.3 Å². The quantitative estimate of drug-likeness (QED) is 0.778. The van der Waals surface area contributed by atoms with Crippen molar-refractivity contribution in [1.82, 2.24) is 5.06 Å². The van der Waals surface area contributed by atoms with Gasteiger partial charge in [0.1, 0.15) is 5.67 Å². The topological polar surface area (TPSA) is 55.6 Å². The average Bonchev–Trinajstić information content (AvgIpc) is 2.16. The first-order valence-electron chi connectivity index (χ1n) is 5.63. The van der Waals surface area contributed by atoms with Crippen molar-refractivity contribution in [1.29, 1.82) is 0 Å². The lowest BCUT2D eigenvalue weighted by Gasteiger charge is -2.36. The van der Waals surface area contributed by atoms with Gasteiger partial charge < -0.3 is 10.6 Å². The van der Waals surface area contributed by atoms with Crippen molar-refractivity contribution in [3.05, 3.63) is 0 Å². The molecule has 1 rings (SSSR count). The molecular weight excluding hydrogens is 211 g/mol. The van der Waals surface area contributed by atoms with E-state index in [-0.39, 0.29) is 19.1 Å². The van der Waals surface area contributed by atoms with Gasteiger partial charge in [-0.25, -0.2) is 9.18 Å². The van der Waals surface area contributed by atoms with Crippen LogP contribution in [-0.2, 0) is 9.63 Å². The van der Waals surface area contributed by atoms with Crippen molar-refractivity contribution in [2.24, 2.45) is 11.1 Å². The third kappa shape index (κ3) is 3.42. The Balaban J connectivity index is 2.53. The van der Waals surface area contributed by atoms with Crippen molar-refractivity contribution in [3.63, 3.8) is 0 Å². The summed E-state index contributed by atoms with van der Waals surface area (Å²) in [5, 5.41) is 1.39. The minimum absolute atomic E-state index is 0.0312. The Kier molecular flexibility index (Phi) is 3.91. The highest BCUT2D eigenvalue weighted by molar-refractivity contribution is 5.75. The smallest absolute Gasteiger partial charge is 0.330 e. The Bertz CT molecular complexity index is 265. The van der Waals surface area contributed by atoms with Crippen LogP contribution in [0.1, 0.15) is 33.6 Å². The van der Waals surface area contributed by atoms with Crippen molar-refractivity contribution in [3.8, 4) is 0 Å². The second-order valence-electron chi connectivity index (χ2n) is 5.45. The number of halogens is 1. The number of carbonyl (C=O) groups excluding carboxylic acids is 1. The minimum Gasteiger partial charge on any atom is -0.367 e. The predicted molar refractivity (Wildman–Crippen MR) is 59.2 cm³/mol. The van der Waals surface area contributed by atoms with Crippen molar-refractivity contribution in [2.45, 2.75) is 39.3 Å². The van der Waals surface area contributed by atoms with Crippen LogP contribution in [0.5, 0.6) is 0 Å². The van der Waals surface area contributed by atoms with Crippen molar-refractivity contribution in [2.75, 3.05) is 19.6 Å². The summed E-state index contributed by atoms with van der Waals surface area (Å²) in [6.07, 6.45) is 1.10. The Hall–Kier alpha value is -0.680. The number of carbonyl (C=O) groups is 1. The van der Waals surface area contributed by atoms with E-state index < -0.39 is 11.1 Å². The second kappa shape index (κ2) is 4.67. The number of rotatable bonds is 2. The highest BCUT2D eigenvalue weighted by Gasteiger charge is 2.37. The summed E-state index contributed by atoms with van der Waals surface area (Å²) in [5.41, 5.74) is 3.38.